The van der Waals surface area contributed by atoms with Crippen LogP contribution in [0.2, 0.25) is 0 Å². The van der Waals surface area contributed by atoms with Crippen molar-refractivity contribution in [3.05, 3.63) is 60.1 Å². The first-order valence-corrected chi connectivity index (χ1v) is 10.8. The van der Waals surface area contributed by atoms with E-state index in [0.717, 1.165) is 44.3 Å². The molecule has 2 nitrogen and oxygen atoms in total. The van der Waals surface area contributed by atoms with Gasteiger partial charge in [0.2, 0.25) is 0 Å². The number of nitrogens with zero attached hydrogens (tertiary/aromatic N) is 2. The zero-order chi connectivity index (χ0) is 19.5. The highest BCUT2D eigenvalue weighted by molar-refractivity contribution is 5.72. The summed E-state index contributed by atoms with van der Waals surface area (Å²) in [4.78, 5) is 4.70. The van der Waals surface area contributed by atoms with Crippen LogP contribution in [0.5, 0.6) is 0 Å². The van der Waals surface area contributed by atoms with E-state index in [1.807, 2.05) is 12.3 Å². The Bertz CT molecular complexity index is 691. The van der Waals surface area contributed by atoms with E-state index in [4.69, 9.17) is 4.98 Å². The second-order valence-electron chi connectivity index (χ2n) is 7.16. The zero-order valence-electron chi connectivity index (χ0n) is 17.7. The van der Waals surface area contributed by atoms with Crippen LogP contribution < -0.4 is 0 Å². The first kappa shape index (κ1) is 21.2. The van der Waals surface area contributed by atoms with Crippen LogP contribution in [0, 0.1) is 0 Å². The fourth-order valence-electron chi connectivity index (χ4n) is 3.52. The van der Waals surface area contributed by atoms with Gasteiger partial charge in [-0.15, -0.1) is 0 Å². The largest absolute Gasteiger partial charge is 0.295 e. The van der Waals surface area contributed by atoms with E-state index in [1.54, 1.807) is 0 Å². The number of allylic oxidation sites excluding steroid dienone is 4. The third kappa shape index (κ3) is 5.69. The molecule has 0 aromatic carbocycles. The molecule has 0 N–H and O–H groups in total. The second kappa shape index (κ2) is 11.6. The fourth-order valence-corrected chi connectivity index (χ4v) is 3.52. The first-order valence-electron chi connectivity index (χ1n) is 10.8. The average molecular weight is 365 g/mol. The van der Waals surface area contributed by atoms with Crippen LogP contribution in [0.15, 0.2) is 48.7 Å². The molecule has 0 aliphatic rings. The lowest BCUT2D eigenvalue weighted by Crippen LogP contribution is -2.06. The van der Waals surface area contributed by atoms with Gasteiger partial charge in [0.15, 0.2) is 0 Å². The van der Waals surface area contributed by atoms with E-state index in [9.17, 15) is 0 Å². The molecular formula is C25H36N2. The Morgan fingerprint density at radius 2 is 1.33 bits per heavy atom. The lowest BCUT2D eigenvalue weighted by atomic mass is 10.0. The van der Waals surface area contributed by atoms with Gasteiger partial charge in [-0.2, -0.15) is 0 Å². The zero-order valence-corrected chi connectivity index (χ0v) is 17.7. The van der Waals surface area contributed by atoms with Crippen molar-refractivity contribution < 1.29 is 0 Å². The van der Waals surface area contributed by atoms with Gasteiger partial charge in [-0.25, -0.2) is 4.98 Å². The van der Waals surface area contributed by atoms with Gasteiger partial charge < -0.3 is 0 Å². The molecule has 146 valence electrons. The van der Waals surface area contributed by atoms with Gasteiger partial charge in [0.05, 0.1) is 11.4 Å². The van der Waals surface area contributed by atoms with Gasteiger partial charge >= 0.3 is 0 Å². The molecule has 0 fully saturated rings. The van der Waals surface area contributed by atoms with Crippen LogP contribution in [0.25, 0.3) is 17.0 Å². The maximum Gasteiger partial charge on any atom is 0.137 e. The molecule has 2 aromatic rings. The van der Waals surface area contributed by atoms with Gasteiger partial charge in [0.1, 0.15) is 5.82 Å². The third-order valence-electron chi connectivity index (χ3n) is 4.81. The molecule has 2 rings (SSSR count). The van der Waals surface area contributed by atoms with Crippen LogP contribution in [-0.2, 0) is 0 Å². The van der Waals surface area contributed by atoms with Gasteiger partial charge in [-0.1, -0.05) is 71.6 Å². The van der Waals surface area contributed by atoms with Crippen molar-refractivity contribution in [2.24, 2.45) is 0 Å². The summed E-state index contributed by atoms with van der Waals surface area (Å²) >= 11 is 0. The van der Waals surface area contributed by atoms with E-state index >= 15 is 0 Å². The monoisotopic (exact) mass is 364 g/mol. The Labute approximate surface area is 166 Å². The van der Waals surface area contributed by atoms with Crippen LogP contribution in [0.4, 0.5) is 0 Å². The molecule has 2 heterocycles. The highest BCUT2D eigenvalue weighted by Gasteiger charge is 2.16. The van der Waals surface area contributed by atoms with E-state index in [2.05, 4.69) is 68.7 Å². The number of hydrogen-bond donors (Lipinski definition) is 0. The summed E-state index contributed by atoms with van der Waals surface area (Å²) in [5, 5.41) is 0. The number of hydrogen-bond acceptors (Lipinski definition) is 1. The summed E-state index contributed by atoms with van der Waals surface area (Å²) in [6.45, 7) is 9.02. The van der Waals surface area contributed by atoms with Gasteiger partial charge in [-0.3, -0.25) is 4.57 Å². The number of pyridine rings is 1. The lowest BCUT2D eigenvalue weighted by molar-refractivity contribution is 0.889. The normalized spacial score (nSPS) is 12.6. The van der Waals surface area contributed by atoms with Crippen molar-refractivity contribution in [3.8, 4) is 5.82 Å². The summed E-state index contributed by atoms with van der Waals surface area (Å²) in [5.41, 5.74) is 5.50. The van der Waals surface area contributed by atoms with Crippen molar-refractivity contribution in [1.29, 1.82) is 0 Å². The molecule has 0 atom stereocenters. The number of aromatic nitrogens is 2. The molecule has 0 saturated carbocycles. The highest BCUT2D eigenvalue weighted by atomic mass is 15.1. The maximum atomic E-state index is 4.70. The molecule has 0 saturated heterocycles. The number of rotatable bonds is 11. The molecule has 27 heavy (non-hydrogen) atoms. The molecule has 0 spiro atoms. The topological polar surface area (TPSA) is 17.8 Å². The van der Waals surface area contributed by atoms with Gasteiger partial charge in [0.25, 0.3) is 0 Å². The summed E-state index contributed by atoms with van der Waals surface area (Å²) < 4.78 is 2.38. The SMILES string of the molecule is CCC/C=C(\CCC)c1ccc(/C(=C/CCC)CCC)n1-c1ccccn1. The minimum atomic E-state index is 1.02. The quantitative estimate of drug-likeness (QED) is 0.397. The second-order valence-corrected chi connectivity index (χ2v) is 7.16. The molecular weight excluding hydrogens is 328 g/mol. The Morgan fingerprint density at radius 1 is 0.778 bits per heavy atom. The van der Waals surface area contributed by atoms with Gasteiger partial charge in [-0.05, 0) is 61.1 Å². The van der Waals surface area contributed by atoms with E-state index in [-0.39, 0.29) is 0 Å². The molecule has 0 aliphatic carbocycles. The van der Waals surface area contributed by atoms with Crippen LogP contribution in [0.1, 0.15) is 90.4 Å². The van der Waals surface area contributed by atoms with E-state index < -0.39 is 0 Å². The van der Waals surface area contributed by atoms with Gasteiger partial charge in [0, 0.05) is 6.20 Å². The minimum Gasteiger partial charge on any atom is -0.295 e. The Balaban J connectivity index is 2.63. The molecule has 0 unspecified atom stereocenters. The third-order valence-corrected chi connectivity index (χ3v) is 4.81. The summed E-state index contributed by atoms with van der Waals surface area (Å²) in [7, 11) is 0. The van der Waals surface area contributed by atoms with E-state index in [0.29, 0.717) is 0 Å². The van der Waals surface area contributed by atoms with Crippen molar-refractivity contribution in [2.75, 3.05) is 0 Å². The van der Waals surface area contributed by atoms with Crippen LogP contribution >= 0.6 is 0 Å². The Kier molecular flexibility index (Phi) is 9.10. The van der Waals surface area contributed by atoms with Crippen molar-refractivity contribution in [2.45, 2.75) is 79.1 Å². The highest BCUT2D eigenvalue weighted by Crippen LogP contribution is 2.31. The van der Waals surface area contributed by atoms with E-state index in [1.165, 1.54) is 35.4 Å². The first-order chi connectivity index (χ1) is 13.3. The standard InChI is InChI=1S/C25H36N2/c1-5-9-15-21(13-7-3)23-18-19-24(22(14-8-4)16-10-6-2)27(23)25-17-11-12-20-26-25/h11-12,15-20H,5-10,13-14H2,1-4H3/b21-15+,22-16+. The molecule has 2 aromatic heterocycles. The predicted octanol–water partition coefficient (Wildman–Crippen LogP) is 7.84. The summed E-state index contributed by atoms with van der Waals surface area (Å²) in [5.74, 6) is 1.02. The summed E-state index contributed by atoms with van der Waals surface area (Å²) in [6.07, 6.45) is 15.9. The molecule has 0 amide bonds. The Hall–Kier alpha value is -2.09. The fraction of sp³-hybridized carbons (Fsp3) is 0.480. The predicted molar refractivity (Wildman–Crippen MR) is 119 cm³/mol. The van der Waals surface area contributed by atoms with Crippen molar-refractivity contribution in [3.63, 3.8) is 0 Å². The summed E-state index contributed by atoms with van der Waals surface area (Å²) in [6, 6.07) is 10.8. The lowest BCUT2D eigenvalue weighted by Gasteiger charge is -2.17. The minimum absolute atomic E-state index is 1.02. The molecule has 0 aliphatic heterocycles. The smallest absolute Gasteiger partial charge is 0.137 e. The molecule has 0 radical (unpaired) electrons. The Morgan fingerprint density at radius 3 is 1.74 bits per heavy atom. The van der Waals surface area contributed by atoms with Crippen molar-refractivity contribution in [1.82, 2.24) is 9.55 Å². The maximum absolute atomic E-state index is 4.70. The molecule has 0 bridgehead atoms. The number of unbranched alkanes of at least 4 members (excludes halogenated alkanes) is 2. The van der Waals surface area contributed by atoms with Crippen LogP contribution in [-0.4, -0.2) is 9.55 Å². The average Bonchev–Trinajstić information content (AvgIpc) is 3.14. The van der Waals surface area contributed by atoms with Crippen molar-refractivity contribution >= 4 is 11.1 Å². The van der Waals surface area contributed by atoms with Crippen LogP contribution in [0.3, 0.4) is 0 Å². The molecule has 2 heteroatoms.